The van der Waals surface area contributed by atoms with Gasteiger partial charge in [-0.25, -0.2) is 4.39 Å². The lowest BCUT2D eigenvalue weighted by atomic mass is 9.91. The number of nitrogens with zero attached hydrogens (tertiary/aromatic N) is 1. The fourth-order valence-corrected chi connectivity index (χ4v) is 4.42. The number of ether oxygens (including phenoxy) is 1. The number of carbonyl (C=O) groups excluding carboxylic acids is 1. The molecule has 1 aliphatic heterocycles. The third-order valence-electron chi connectivity index (χ3n) is 5.89. The summed E-state index contributed by atoms with van der Waals surface area (Å²) in [6.45, 7) is 2.38. The quantitative estimate of drug-likeness (QED) is 0.459. The molecular formula is C27H25ClFNO4. The molecule has 176 valence electrons. The highest BCUT2D eigenvalue weighted by Crippen LogP contribution is 2.38. The molecule has 0 bridgehead atoms. The molecule has 1 atom stereocenters. The summed E-state index contributed by atoms with van der Waals surface area (Å²) in [5.41, 5.74) is 2.48. The molecule has 3 aromatic rings. The molecule has 1 N–H and O–H groups in total. The average molecular weight is 482 g/mol. The predicted molar refractivity (Wildman–Crippen MR) is 128 cm³/mol. The first kappa shape index (κ1) is 23.8. The van der Waals surface area contributed by atoms with Crippen LogP contribution in [0.4, 0.5) is 4.39 Å². The second-order valence-corrected chi connectivity index (χ2v) is 9.24. The molecule has 0 aromatic heterocycles. The molecule has 0 unspecified atom stereocenters. The highest BCUT2D eigenvalue weighted by molar-refractivity contribution is 6.30. The highest BCUT2D eigenvalue weighted by Gasteiger charge is 2.35. The van der Waals surface area contributed by atoms with E-state index in [1.54, 1.807) is 23.1 Å². The summed E-state index contributed by atoms with van der Waals surface area (Å²) >= 11 is 5.79. The van der Waals surface area contributed by atoms with Crippen LogP contribution in [0.15, 0.2) is 66.7 Å². The Hall–Kier alpha value is -3.38. The number of benzene rings is 3. The van der Waals surface area contributed by atoms with E-state index in [1.165, 1.54) is 12.1 Å². The van der Waals surface area contributed by atoms with Crippen molar-refractivity contribution in [1.82, 2.24) is 4.90 Å². The average Bonchev–Trinajstić information content (AvgIpc) is 3.14. The van der Waals surface area contributed by atoms with Crippen LogP contribution in [0.3, 0.4) is 0 Å². The van der Waals surface area contributed by atoms with E-state index in [4.69, 9.17) is 21.4 Å². The predicted octanol–water partition coefficient (Wildman–Crippen LogP) is 5.53. The van der Waals surface area contributed by atoms with Crippen LogP contribution in [0.2, 0.25) is 5.02 Å². The number of carboxylic acid groups (broad SMARTS) is 1. The second kappa shape index (κ2) is 9.85. The third-order valence-corrected chi connectivity index (χ3v) is 6.20. The summed E-state index contributed by atoms with van der Waals surface area (Å²) < 4.78 is 20.1. The molecule has 0 radical (unpaired) electrons. The Kier molecular flexibility index (Phi) is 6.89. The van der Waals surface area contributed by atoms with Crippen LogP contribution in [-0.2, 0) is 24.2 Å². The second-order valence-electron chi connectivity index (χ2n) is 8.83. The van der Waals surface area contributed by atoms with Gasteiger partial charge in [0.1, 0.15) is 17.2 Å². The van der Waals surface area contributed by atoms with Gasteiger partial charge in [-0.3, -0.25) is 9.59 Å². The van der Waals surface area contributed by atoms with Crippen molar-refractivity contribution >= 4 is 23.5 Å². The molecule has 0 saturated heterocycles. The van der Waals surface area contributed by atoms with Crippen LogP contribution in [0.5, 0.6) is 5.75 Å². The maximum Gasteiger partial charge on any atom is 0.305 e. The Morgan fingerprint density at radius 1 is 1.09 bits per heavy atom. The zero-order valence-corrected chi connectivity index (χ0v) is 19.5. The number of hydrogen-bond acceptors (Lipinski definition) is 3. The maximum absolute atomic E-state index is 13.9. The SMILES string of the molecule is C[C@@]1(Cc2ccc(Cl)c(F)c2)Cc2cc(C(=O)N(CCC(=O)O)Cc3ccccc3)ccc2O1. The van der Waals surface area contributed by atoms with Crippen LogP contribution >= 0.6 is 11.6 Å². The smallest absolute Gasteiger partial charge is 0.305 e. The van der Waals surface area contributed by atoms with Gasteiger partial charge in [-0.15, -0.1) is 0 Å². The van der Waals surface area contributed by atoms with Gasteiger partial charge in [0.25, 0.3) is 5.91 Å². The molecular weight excluding hydrogens is 457 g/mol. The lowest BCUT2D eigenvalue weighted by Crippen LogP contribution is -2.33. The number of carboxylic acids is 1. The van der Waals surface area contributed by atoms with Crippen molar-refractivity contribution in [1.29, 1.82) is 0 Å². The molecule has 7 heteroatoms. The number of fused-ring (bicyclic) bond motifs is 1. The molecule has 0 spiro atoms. The topological polar surface area (TPSA) is 66.8 Å². The molecule has 1 heterocycles. The molecule has 0 fully saturated rings. The number of aliphatic carboxylic acids is 1. The van der Waals surface area contributed by atoms with Gasteiger partial charge in [-0.1, -0.05) is 48.0 Å². The van der Waals surface area contributed by atoms with Crippen molar-refractivity contribution in [2.45, 2.75) is 38.3 Å². The van der Waals surface area contributed by atoms with Crippen molar-refractivity contribution in [3.8, 4) is 5.75 Å². The lowest BCUT2D eigenvalue weighted by Gasteiger charge is -2.24. The van der Waals surface area contributed by atoms with Gasteiger partial charge in [-0.05, 0) is 53.9 Å². The van der Waals surface area contributed by atoms with Gasteiger partial charge in [0, 0.05) is 31.5 Å². The third kappa shape index (κ3) is 5.57. The van der Waals surface area contributed by atoms with Gasteiger partial charge in [-0.2, -0.15) is 0 Å². The summed E-state index contributed by atoms with van der Waals surface area (Å²) in [4.78, 5) is 26.0. The van der Waals surface area contributed by atoms with E-state index in [0.29, 0.717) is 30.7 Å². The minimum Gasteiger partial charge on any atom is -0.487 e. The number of hydrogen-bond donors (Lipinski definition) is 1. The normalized spacial score (nSPS) is 16.6. The molecule has 34 heavy (non-hydrogen) atoms. The number of rotatable bonds is 8. The van der Waals surface area contributed by atoms with E-state index in [1.807, 2.05) is 43.3 Å². The molecule has 3 aromatic carbocycles. The van der Waals surface area contributed by atoms with Crippen molar-refractivity contribution in [3.63, 3.8) is 0 Å². The van der Waals surface area contributed by atoms with Gasteiger partial charge in [0.2, 0.25) is 0 Å². The van der Waals surface area contributed by atoms with Gasteiger partial charge in [0.05, 0.1) is 11.4 Å². The first-order chi connectivity index (χ1) is 16.2. The van der Waals surface area contributed by atoms with E-state index in [0.717, 1.165) is 16.7 Å². The molecule has 4 rings (SSSR count). The van der Waals surface area contributed by atoms with Gasteiger partial charge < -0.3 is 14.7 Å². The fraction of sp³-hybridized carbons (Fsp3) is 0.259. The molecule has 0 aliphatic carbocycles. The monoisotopic (exact) mass is 481 g/mol. The zero-order chi connectivity index (χ0) is 24.3. The van der Waals surface area contributed by atoms with Crippen LogP contribution in [-0.4, -0.2) is 34.0 Å². The summed E-state index contributed by atoms with van der Waals surface area (Å²) in [5, 5.41) is 9.21. The molecule has 1 amide bonds. The van der Waals surface area contributed by atoms with Crippen LogP contribution < -0.4 is 4.74 Å². The Morgan fingerprint density at radius 3 is 2.56 bits per heavy atom. The Bertz CT molecular complexity index is 1220. The van der Waals surface area contributed by atoms with Gasteiger partial charge >= 0.3 is 5.97 Å². The highest BCUT2D eigenvalue weighted by atomic mass is 35.5. The molecule has 0 saturated carbocycles. The summed E-state index contributed by atoms with van der Waals surface area (Å²) in [6, 6.07) is 19.5. The van der Waals surface area contributed by atoms with Crippen molar-refractivity contribution in [3.05, 3.63) is 99.8 Å². The molecule has 5 nitrogen and oxygen atoms in total. The lowest BCUT2D eigenvalue weighted by molar-refractivity contribution is -0.137. The van der Waals surface area contributed by atoms with E-state index in [2.05, 4.69) is 0 Å². The minimum atomic E-state index is -0.956. The van der Waals surface area contributed by atoms with Gasteiger partial charge in [0.15, 0.2) is 0 Å². The minimum absolute atomic E-state index is 0.0793. The summed E-state index contributed by atoms with van der Waals surface area (Å²) in [7, 11) is 0. The van der Waals surface area contributed by atoms with E-state index in [-0.39, 0.29) is 23.9 Å². The largest absolute Gasteiger partial charge is 0.487 e. The number of amides is 1. The molecule has 1 aliphatic rings. The van der Waals surface area contributed by atoms with E-state index >= 15 is 0 Å². The standard InChI is InChI=1S/C27H25ClFNO4/c1-27(15-19-7-9-22(28)23(29)13-19)16-21-14-20(8-10-24(21)34-27)26(33)30(12-11-25(31)32)17-18-5-3-2-4-6-18/h2-10,13-14H,11-12,15-17H2,1H3,(H,31,32)/t27-/m1/s1. The Morgan fingerprint density at radius 2 is 1.85 bits per heavy atom. The fourth-order valence-electron chi connectivity index (χ4n) is 4.30. The summed E-state index contributed by atoms with van der Waals surface area (Å²) in [6.07, 6.45) is 0.904. The van der Waals surface area contributed by atoms with Crippen molar-refractivity contribution in [2.75, 3.05) is 6.54 Å². The number of halogens is 2. The summed E-state index contributed by atoms with van der Waals surface area (Å²) in [5.74, 6) is -0.969. The zero-order valence-electron chi connectivity index (χ0n) is 18.8. The van der Waals surface area contributed by atoms with Crippen LogP contribution in [0, 0.1) is 5.82 Å². The Labute approximate surface area is 202 Å². The van der Waals surface area contributed by atoms with Crippen LogP contribution in [0.25, 0.3) is 0 Å². The first-order valence-electron chi connectivity index (χ1n) is 11.0. The van der Waals surface area contributed by atoms with E-state index in [9.17, 15) is 14.0 Å². The van der Waals surface area contributed by atoms with E-state index < -0.39 is 17.4 Å². The van der Waals surface area contributed by atoms with Crippen molar-refractivity contribution in [2.24, 2.45) is 0 Å². The first-order valence-corrected chi connectivity index (χ1v) is 11.4. The van der Waals surface area contributed by atoms with Crippen molar-refractivity contribution < 1.29 is 23.8 Å². The Balaban J connectivity index is 1.52. The maximum atomic E-state index is 13.9. The number of carbonyl (C=O) groups is 2. The van der Waals surface area contributed by atoms with Crippen LogP contribution in [0.1, 0.15) is 40.4 Å².